The zero-order chi connectivity index (χ0) is 19.1. The molecule has 9 heterocycles. The lowest BCUT2D eigenvalue weighted by atomic mass is 11.0. The van der Waals surface area contributed by atoms with Crippen LogP contribution in [-0.2, 0) is 42.6 Å². The van der Waals surface area contributed by atoms with Crippen LogP contribution in [0.25, 0.3) is 0 Å². The number of ether oxygens (including phenoxy) is 9. The van der Waals surface area contributed by atoms with E-state index < -0.39 is 0 Å². The van der Waals surface area contributed by atoms with E-state index in [0.29, 0.717) is 0 Å². The molecule has 0 amide bonds. The highest BCUT2D eigenvalue weighted by Crippen LogP contribution is 1.87. The van der Waals surface area contributed by atoms with Crippen molar-refractivity contribution in [1.82, 2.24) is 0 Å². The predicted molar refractivity (Wildman–Crippen MR) is 101 cm³/mol. The zero-order valence-electron chi connectivity index (χ0n) is 16.9. The summed E-state index contributed by atoms with van der Waals surface area (Å²) in [6.07, 6.45) is 0. The van der Waals surface area contributed by atoms with Crippen LogP contribution < -0.4 is 0 Å². The number of epoxide rings is 9. The molecule has 2 N–H and O–H groups in total. The molecule has 10 nitrogen and oxygen atoms in total. The lowest BCUT2D eigenvalue weighted by Crippen LogP contribution is -1.20. The van der Waals surface area contributed by atoms with Crippen molar-refractivity contribution >= 4 is 0 Å². The molecule has 0 atom stereocenters. The average molecular weight is 414 g/mol. The molecule has 9 aliphatic heterocycles. The van der Waals surface area contributed by atoms with Gasteiger partial charge in [0.05, 0.1) is 119 Å². The molecular weight excluding hydrogens is 376 g/mol. The van der Waals surface area contributed by atoms with Gasteiger partial charge in [-0.3, -0.25) is 0 Å². The molecule has 9 fully saturated rings. The topological polar surface area (TPSA) is 144 Å². The Morgan fingerprint density at radius 2 is 0.214 bits per heavy atom. The van der Waals surface area contributed by atoms with Gasteiger partial charge < -0.3 is 48.1 Å². The average Bonchev–Trinajstić information content (AvgIpc) is 3.56. The molecule has 0 aromatic heterocycles. The maximum atomic E-state index is 4.50. The summed E-state index contributed by atoms with van der Waals surface area (Å²) in [6.45, 7) is 18.0. The van der Waals surface area contributed by atoms with Gasteiger partial charge in [-0.05, 0) is 0 Å². The standard InChI is InChI=1S/9C2H4O.H2O/c9*1-2-3-1;/h9*1-2H2;1H2. The highest BCUT2D eigenvalue weighted by atomic mass is 16.6. The first-order valence-corrected chi connectivity index (χ1v) is 9.70. The molecule has 9 aliphatic rings. The third-order valence-electron chi connectivity index (χ3n) is 1.84. The molecule has 0 spiro atoms. The fourth-order valence-electron chi connectivity index (χ4n) is 0. The summed E-state index contributed by atoms with van der Waals surface area (Å²) in [5.74, 6) is 0. The summed E-state index contributed by atoms with van der Waals surface area (Å²) in [5, 5.41) is 0. The molecule has 0 radical (unpaired) electrons. The fraction of sp³-hybridized carbons (Fsp3) is 1.00. The summed E-state index contributed by atoms with van der Waals surface area (Å²) in [4.78, 5) is 0. The first kappa shape index (κ1) is 27.6. The summed E-state index contributed by atoms with van der Waals surface area (Å²) >= 11 is 0. The molecular formula is C18H38O10. The fourth-order valence-corrected chi connectivity index (χ4v) is 0. The molecule has 0 saturated carbocycles. The molecule has 28 heavy (non-hydrogen) atoms. The van der Waals surface area contributed by atoms with Gasteiger partial charge in [0.15, 0.2) is 0 Å². The van der Waals surface area contributed by atoms with Crippen molar-refractivity contribution in [2.75, 3.05) is 119 Å². The Morgan fingerprint density at radius 3 is 0.214 bits per heavy atom. The number of rotatable bonds is 0. The van der Waals surface area contributed by atoms with Gasteiger partial charge in [0.2, 0.25) is 0 Å². The molecule has 9 rings (SSSR count). The SMILES string of the molecule is C1CO1.C1CO1.C1CO1.C1CO1.C1CO1.C1CO1.C1CO1.C1CO1.C1CO1.O. The molecule has 170 valence electrons. The van der Waals surface area contributed by atoms with Gasteiger partial charge in [0.25, 0.3) is 0 Å². The van der Waals surface area contributed by atoms with E-state index in [1.165, 1.54) is 0 Å². The summed E-state index contributed by atoms with van der Waals surface area (Å²) in [6, 6.07) is 0. The van der Waals surface area contributed by atoms with Crippen molar-refractivity contribution in [2.45, 2.75) is 0 Å². The first-order chi connectivity index (χ1) is 13.5. The maximum Gasteiger partial charge on any atom is 0.0701 e. The van der Waals surface area contributed by atoms with Crippen molar-refractivity contribution < 1.29 is 48.1 Å². The Labute approximate surface area is 167 Å². The summed E-state index contributed by atoms with van der Waals surface area (Å²) in [7, 11) is 0. The lowest BCUT2D eigenvalue weighted by Gasteiger charge is -1.24. The van der Waals surface area contributed by atoms with E-state index in [9.17, 15) is 0 Å². The number of hydrogen-bond acceptors (Lipinski definition) is 9. The molecule has 0 unspecified atom stereocenters. The third-order valence-corrected chi connectivity index (χ3v) is 1.84. The van der Waals surface area contributed by atoms with Crippen molar-refractivity contribution in [2.24, 2.45) is 0 Å². The summed E-state index contributed by atoms with van der Waals surface area (Å²) < 4.78 is 40.5. The second-order valence-corrected chi connectivity index (χ2v) is 5.51. The van der Waals surface area contributed by atoms with Crippen LogP contribution in [0.3, 0.4) is 0 Å². The quantitative estimate of drug-likeness (QED) is 0.471. The normalized spacial score (nSPS) is 23.1. The van der Waals surface area contributed by atoms with Crippen LogP contribution >= 0.6 is 0 Å². The van der Waals surface area contributed by atoms with Crippen molar-refractivity contribution in [3.8, 4) is 0 Å². The highest BCUT2D eigenvalue weighted by Gasteiger charge is 1.96. The predicted octanol–water partition coefficient (Wildman–Crippen LogP) is -0.675. The molecule has 0 aliphatic carbocycles. The Balaban J connectivity index is 0.000000292. The van der Waals surface area contributed by atoms with Gasteiger partial charge in [-0.2, -0.15) is 0 Å². The maximum absolute atomic E-state index is 4.50. The van der Waals surface area contributed by atoms with Gasteiger partial charge in [0, 0.05) is 0 Å². The van der Waals surface area contributed by atoms with Crippen molar-refractivity contribution in [3.63, 3.8) is 0 Å². The first-order valence-electron chi connectivity index (χ1n) is 9.70. The zero-order valence-corrected chi connectivity index (χ0v) is 16.9. The smallest absolute Gasteiger partial charge is 0.0701 e. The van der Waals surface area contributed by atoms with E-state index in [2.05, 4.69) is 42.6 Å². The molecule has 9 saturated heterocycles. The molecule has 0 bridgehead atoms. The molecule has 10 heteroatoms. The minimum Gasteiger partial charge on any atom is -0.412 e. The Kier molecular flexibility index (Phi) is 24.3. The van der Waals surface area contributed by atoms with Crippen LogP contribution in [0, 0.1) is 0 Å². The number of hydrogen-bond donors (Lipinski definition) is 0. The van der Waals surface area contributed by atoms with E-state index in [4.69, 9.17) is 0 Å². The minimum absolute atomic E-state index is 0. The van der Waals surface area contributed by atoms with Crippen molar-refractivity contribution in [3.05, 3.63) is 0 Å². The van der Waals surface area contributed by atoms with Gasteiger partial charge in [-0.1, -0.05) is 0 Å². The third kappa shape index (κ3) is 209. The van der Waals surface area contributed by atoms with Crippen LogP contribution in [0.5, 0.6) is 0 Å². The van der Waals surface area contributed by atoms with Gasteiger partial charge in [-0.15, -0.1) is 0 Å². The van der Waals surface area contributed by atoms with Gasteiger partial charge >= 0.3 is 0 Å². The monoisotopic (exact) mass is 414 g/mol. The Bertz CT molecular complexity index is 155. The van der Waals surface area contributed by atoms with Crippen molar-refractivity contribution in [1.29, 1.82) is 0 Å². The highest BCUT2D eigenvalue weighted by molar-refractivity contribution is 4.39. The Morgan fingerprint density at radius 1 is 0.179 bits per heavy atom. The van der Waals surface area contributed by atoms with Crippen LogP contribution in [0.4, 0.5) is 0 Å². The van der Waals surface area contributed by atoms with E-state index in [1.807, 2.05) is 0 Å². The second kappa shape index (κ2) is 24.6. The van der Waals surface area contributed by atoms with Crippen LogP contribution in [0.2, 0.25) is 0 Å². The van der Waals surface area contributed by atoms with Gasteiger partial charge in [0.1, 0.15) is 0 Å². The summed E-state index contributed by atoms with van der Waals surface area (Å²) in [5.41, 5.74) is 0. The Hall–Kier alpha value is -0.400. The molecule has 0 aromatic rings. The second-order valence-electron chi connectivity index (χ2n) is 5.51. The van der Waals surface area contributed by atoms with E-state index in [0.717, 1.165) is 119 Å². The van der Waals surface area contributed by atoms with E-state index in [1.54, 1.807) is 0 Å². The largest absolute Gasteiger partial charge is 0.412 e. The van der Waals surface area contributed by atoms with Crippen LogP contribution in [-0.4, -0.2) is 124 Å². The van der Waals surface area contributed by atoms with E-state index >= 15 is 0 Å². The van der Waals surface area contributed by atoms with Crippen LogP contribution in [0.1, 0.15) is 0 Å². The minimum atomic E-state index is 0. The van der Waals surface area contributed by atoms with E-state index in [-0.39, 0.29) is 5.48 Å². The lowest BCUT2D eigenvalue weighted by molar-refractivity contribution is 0.475. The van der Waals surface area contributed by atoms with Crippen LogP contribution in [0.15, 0.2) is 0 Å². The molecule has 0 aromatic carbocycles. The van der Waals surface area contributed by atoms with Gasteiger partial charge in [-0.25, -0.2) is 0 Å².